The molecule has 1 saturated heterocycles. The zero-order valence-corrected chi connectivity index (χ0v) is 16.9. The summed E-state index contributed by atoms with van der Waals surface area (Å²) in [7, 11) is 0. The largest absolute Gasteiger partial charge is 0.341 e. The van der Waals surface area contributed by atoms with Crippen molar-refractivity contribution in [1.82, 2.24) is 24.0 Å². The van der Waals surface area contributed by atoms with Crippen molar-refractivity contribution in [3.63, 3.8) is 0 Å². The molecule has 30 heavy (non-hydrogen) atoms. The number of piperidine rings is 1. The van der Waals surface area contributed by atoms with Crippen LogP contribution in [-0.4, -0.2) is 43.0 Å². The SMILES string of the molecule is O=C(Cn1cnc2ccccc21)N1CCC(Cn2ccnc2-c2ccccc2)CC1. The van der Waals surface area contributed by atoms with Gasteiger partial charge in [-0.25, -0.2) is 9.97 Å². The van der Waals surface area contributed by atoms with Crippen LogP contribution in [0.15, 0.2) is 73.3 Å². The highest BCUT2D eigenvalue weighted by molar-refractivity contribution is 5.80. The van der Waals surface area contributed by atoms with Crippen molar-refractivity contribution in [3.05, 3.63) is 73.3 Å². The Kier molecular flexibility index (Phi) is 5.05. The molecule has 1 amide bonds. The topological polar surface area (TPSA) is 56.0 Å². The molecule has 6 heteroatoms. The lowest BCUT2D eigenvalue weighted by atomic mass is 9.96. The van der Waals surface area contributed by atoms with E-state index in [-0.39, 0.29) is 5.91 Å². The predicted octanol–water partition coefficient (Wildman–Crippen LogP) is 3.84. The monoisotopic (exact) mass is 399 g/mol. The molecule has 0 spiro atoms. The van der Waals surface area contributed by atoms with Crippen molar-refractivity contribution in [3.8, 4) is 11.4 Å². The number of aromatic nitrogens is 4. The second-order valence-corrected chi connectivity index (χ2v) is 7.95. The van der Waals surface area contributed by atoms with E-state index < -0.39 is 0 Å². The first-order valence-electron chi connectivity index (χ1n) is 10.5. The highest BCUT2D eigenvalue weighted by atomic mass is 16.2. The van der Waals surface area contributed by atoms with E-state index in [0.717, 1.165) is 54.9 Å². The van der Waals surface area contributed by atoms with Gasteiger partial charge in [0.05, 0.1) is 17.4 Å². The number of carbonyl (C=O) groups excluding carboxylic acids is 1. The van der Waals surface area contributed by atoms with Crippen molar-refractivity contribution in [2.75, 3.05) is 13.1 Å². The summed E-state index contributed by atoms with van der Waals surface area (Å²) < 4.78 is 4.19. The lowest BCUT2D eigenvalue weighted by Crippen LogP contribution is -2.40. The molecule has 0 aliphatic carbocycles. The van der Waals surface area contributed by atoms with Crippen LogP contribution in [0.25, 0.3) is 22.4 Å². The van der Waals surface area contributed by atoms with E-state index in [9.17, 15) is 4.79 Å². The Balaban J connectivity index is 1.19. The second kappa shape index (κ2) is 8.14. The minimum absolute atomic E-state index is 0.171. The van der Waals surface area contributed by atoms with E-state index >= 15 is 0 Å². The lowest BCUT2D eigenvalue weighted by Gasteiger charge is -2.32. The van der Waals surface area contributed by atoms with Gasteiger partial charge in [0, 0.05) is 37.6 Å². The van der Waals surface area contributed by atoms with E-state index in [0.29, 0.717) is 12.5 Å². The summed E-state index contributed by atoms with van der Waals surface area (Å²) in [5, 5.41) is 0. The van der Waals surface area contributed by atoms with Gasteiger partial charge in [-0.05, 0) is 30.9 Å². The van der Waals surface area contributed by atoms with Gasteiger partial charge in [0.2, 0.25) is 5.91 Å². The van der Waals surface area contributed by atoms with Crippen LogP contribution in [0.3, 0.4) is 0 Å². The van der Waals surface area contributed by atoms with Gasteiger partial charge in [0.25, 0.3) is 0 Å². The number of rotatable bonds is 5. The average molecular weight is 399 g/mol. The third-order valence-electron chi connectivity index (χ3n) is 6.00. The molecule has 1 aliphatic heterocycles. The molecule has 0 bridgehead atoms. The second-order valence-electron chi connectivity index (χ2n) is 7.95. The van der Waals surface area contributed by atoms with Crippen LogP contribution in [0.2, 0.25) is 0 Å². The maximum absolute atomic E-state index is 12.8. The molecular weight excluding hydrogens is 374 g/mol. The van der Waals surface area contributed by atoms with Gasteiger partial charge in [0.1, 0.15) is 12.4 Å². The molecule has 3 heterocycles. The molecular formula is C24H25N5O. The van der Waals surface area contributed by atoms with Gasteiger partial charge in [0.15, 0.2) is 0 Å². The normalized spacial score (nSPS) is 15.0. The van der Waals surface area contributed by atoms with Crippen molar-refractivity contribution in [2.24, 2.45) is 5.92 Å². The summed E-state index contributed by atoms with van der Waals surface area (Å²) in [6.07, 6.45) is 7.73. The van der Waals surface area contributed by atoms with Crippen LogP contribution < -0.4 is 0 Å². The third kappa shape index (κ3) is 3.73. The Morgan fingerprint density at radius 2 is 1.70 bits per heavy atom. The molecule has 0 unspecified atom stereocenters. The van der Waals surface area contributed by atoms with E-state index in [2.05, 4.69) is 32.9 Å². The molecule has 0 atom stereocenters. The van der Waals surface area contributed by atoms with Gasteiger partial charge < -0.3 is 14.0 Å². The Labute approximate surface area is 175 Å². The zero-order valence-electron chi connectivity index (χ0n) is 16.9. The van der Waals surface area contributed by atoms with Crippen LogP contribution in [0.5, 0.6) is 0 Å². The minimum atomic E-state index is 0.171. The molecule has 2 aromatic carbocycles. The number of amides is 1. The summed E-state index contributed by atoms with van der Waals surface area (Å²) in [5.74, 6) is 1.74. The highest BCUT2D eigenvalue weighted by Gasteiger charge is 2.24. The van der Waals surface area contributed by atoms with Crippen LogP contribution >= 0.6 is 0 Å². The molecule has 0 N–H and O–H groups in total. The van der Waals surface area contributed by atoms with Crippen LogP contribution in [-0.2, 0) is 17.9 Å². The molecule has 1 fully saturated rings. The number of hydrogen-bond acceptors (Lipinski definition) is 3. The maximum Gasteiger partial charge on any atom is 0.242 e. The number of hydrogen-bond donors (Lipinski definition) is 0. The molecule has 152 valence electrons. The number of likely N-dealkylation sites (tertiary alicyclic amines) is 1. The fourth-order valence-electron chi connectivity index (χ4n) is 4.33. The first-order chi connectivity index (χ1) is 14.8. The summed E-state index contributed by atoms with van der Waals surface area (Å²) in [5.41, 5.74) is 3.08. The third-order valence-corrected chi connectivity index (χ3v) is 6.00. The molecule has 4 aromatic rings. The summed E-state index contributed by atoms with van der Waals surface area (Å²) in [6, 6.07) is 18.2. The minimum Gasteiger partial charge on any atom is -0.341 e. The van der Waals surface area contributed by atoms with Gasteiger partial charge in [-0.1, -0.05) is 42.5 Å². The van der Waals surface area contributed by atoms with E-state index in [4.69, 9.17) is 0 Å². The molecule has 0 radical (unpaired) electrons. The average Bonchev–Trinajstić information content (AvgIpc) is 3.42. The fraction of sp³-hybridized carbons (Fsp3) is 0.292. The maximum atomic E-state index is 12.8. The van der Waals surface area contributed by atoms with Crippen LogP contribution in [0.1, 0.15) is 12.8 Å². The standard InChI is InChI=1S/C24H25N5O/c30-23(17-29-18-26-21-8-4-5-9-22(21)29)27-13-10-19(11-14-27)16-28-15-12-25-24(28)20-6-2-1-3-7-20/h1-9,12,15,18-19H,10-11,13-14,16-17H2. The highest BCUT2D eigenvalue weighted by Crippen LogP contribution is 2.23. The van der Waals surface area contributed by atoms with E-state index in [1.165, 1.54) is 0 Å². The molecule has 1 aliphatic rings. The first kappa shape index (κ1) is 18.6. The number of carbonyl (C=O) groups is 1. The Hall–Kier alpha value is -3.41. The quantitative estimate of drug-likeness (QED) is 0.512. The number of imidazole rings is 2. The number of fused-ring (bicyclic) bond motifs is 1. The van der Waals surface area contributed by atoms with Gasteiger partial charge in [-0.15, -0.1) is 0 Å². The van der Waals surface area contributed by atoms with Gasteiger partial charge in [-0.2, -0.15) is 0 Å². The molecule has 5 rings (SSSR count). The fourth-order valence-corrected chi connectivity index (χ4v) is 4.33. The Bertz CT molecular complexity index is 1140. The molecule has 2 aromatic heterocycles. The zero-order chi connectivity index (χ0) is 20.3. The smallest absolute Gasteiger partial charge is 0.242 e. The van der Waals surface area contributed by atoms with Crippen molar-refractivity contribution >= 4 is 16.9 Å². The van der Waals surface area contributed by atoms with Gasteiger partial charge in [-0.3, -0.25) is 4.79 Å². The van der Waals surface area contributed by atoms with Crippen molar-refractivity contribution < 1.29 is 4.79 Å². The Morgan fingerprint density at radius 3 is 2.53 bits per heavy atom. The molecule has 0 saturated carbocycles. The summed E-state index contributed by atoms with van der Waals surface area (Å²) >= 11 is 0. The summed E-state index contributed by atoms with van der Waals surface area (Å²) in [6.45, 7) is 2.92. The van der Waals surface area contributed by atoms with Crippen LogP contribution in [0, 0.1) is 5.92 Å². The predicted molar refractivity (Wildman–Crippen MR) is 117 cm³/mol. The van der Waals surface area contributed by atoms with Crippen molar-refractivity contribution in [1.29, 1.82) is 0 Å². The van der Waals surface area contributed by atoms with Crippen molar-refractivity contribution in [2.45, 2.75) is 25.9 Å². The first-order valence-corrected chi connectivity index (χ1v) is 10.5. The molecule has 6 nitrogen and oxygen atoms in total. The lowest BCUT2D eigenvalue weighted by molar-refractivity contribution is -0.133. The van der Waals surface area contributed by atoms with E-state index in [1.54, 1.807) is 6.33 Å². The van der Waals surface area contributed by atoms with Gasteiger partial charge >= 0.3 is 0 Å². The van der Waals surface area contributed by atoms with E-state index in [1.807, 2.05) is 58.1 Å². The summed E-state index contributed by atoms with van der Waals surface area (Å²) in [4.78, 5) is 23.8. The Morgan fingerprint density at radius 1 is 0.933 bits per heavy atom. The number of benzene rings is 2. The number of para-hydroxylation sites is 2. The number of nitrogens with zero attached hydrogens (tertiary/aromatic N) is 5. The van der Waals surface area contributed by atoms with Crippen LogP contribution in [0.4, 0.5) is 0 Å².